The number of hydrogen-bond acceptors (Lipinski definition) is 1. The second-order valence-electron chi connectivity index (χ2n) is 3.90. The Morgan fingerprint density at radius 1 is 1.29 bits per heavy atom. The molecule has 0 aromatic rings. The molecule has 1 saturated carbocycles. The first-order valence-corrected chi connectivity index (χ1v) is 5.99. The van der Waals surface area contributed by atoms with Crippen molar-refractivity contribution in [3.05, 3.63) is 23.3 Å². The minimum Gasteiger partial charge on any atom is -0.327 e. The Bertz CT molecular complexity index is 219. The average Bonchev–Trinajstić information content (AvgIpc) is 2.91. The summed E-state index contributed by atoms with van der Waals surface area (Å²) in [6.45, 7) is 4.74. The minimum atomic E-state index is 0.743. The molecule has 0 aromatic heterocycles. The van der Waals surface area contributed by atoms with Gasteiger partial charge in [-0.1, -0.05) is 44.4 Å². The average molecular weight is 193 g/mol. The Balaban J connectivity index is 0.000000461. The summed E-state index contributed by atoms with van der Waals surface area (Å²) in [5.41, 5.74) is 8.58. The molecule has 0 saturated heterocycles. The molecule has 0 bridgehead atoms. The molecule has 0 spiro atoms. The molecule has 2 rings (SSSR count). The van der Waals surface area contributed by atoms with Gasteiger partial charge in [0.15, 0.2) is 0 Å². The van der Waals surface area contributed by atoms with Crippen molar-refractivity contribution in [2.24, 2.45) is 11.7 Å². The smallest absolute Gasteiger partial charge is 0.0143 e. The van der Waals surface area contributed by atoms with Gasteiger partial charge in [0.1, 0.15) is 0 Å². The molecule has 0 amide bonds. The van der Waals surface area contributed by atoms with Crippen LogP contribution in [0, 0.1) is 5.92 Å². The first-order chi connectivity index (χ1) is 6.90. The minimum absolute atomic E-state index is 0.743. The number of hydrogen-bond donors (Lipinski definition) is 1. The molecule has 0 radical (unpaired) electrons. The number of nitrogens with two attached hydrogens (primary N) is 1. The molecule has 0 aliphatic heterocycles. The van der Waals surface area contributed by atoms with E-state index in [2.05, 4.69) is 12.2 Å². The standard InChI is InChI=1S/C11H17N.C2H6/c12-8-9-5-6-11(7-9)10-3-1-2-4-10;1-2/h6-7,10H,1-5,8,12H2;1-2H3. The van der Waals surface area contributed by atoms with Crippen LogP contribution >= 0.6 is 0 Å². The summed E-state index contributed by atoms with van der Waals surface area (Å²) in [7, 11) is 0. The van der Waals surface area contributed by atoms with Gasteiger partial charge in [0.2, 0.25) is 0 Å². The van der Waals surface area contributed by atoms with Gasteiger partial charge >= 0.3 is 0 Å². The molecule has 0 atom stereocenters. The highest BCUT2D eigenvalue weighted by Gasteiger charge is 2.20. The monoisotopic (exact) mass is 193 g/mol. The second-order valence-corrected chi connectivity index (χ2v) is 3.90. The van der Waals surface area contributed by atoms with Crippen LogP contribution < -0.4 is 5.73 Å². The van der Waals surface area contributed by atoms with E-state index in [1.165, 1.54) is 31.3 Å². The Hall–Kier alpha value is -0.560. The lowest BCUT2D eigenvalue weighted by atomic mass is 9.99. The van der Waals surface area contributed by atoms with E-state index in [1.54, 1.807) is 5.57 Å². The summed E-state index contributed by atoms with van der Waals surface area (Å²) in [6.07, 6.45) is 11.5. The summed E-state index contributed by atoms with van der Waals surface area (Å²) in [5, 5.41) is 0. The van der Waals surface area contributed by atoms with Crippen LogP contribution in [0.4, 0.5) is 0 Å². The lowest BCUT2D eigenvalue weighted by Gasteiger charge is -2.07. The molecule has 1 fully saturated rings. The largest absolute Gasteiger partial charge is 0.327 e. The summed E-state index contributed by atoms with van der Waals surface area (Å²) < 4.78 is 0. The Morgan fingerprint density at radius 2 is 1.93 bits per heavy atom. The van der Waals surface area contributed by atoms with Crippen LogP contribution in [0.15, 0.2) is 23.3 Å². The molecule has 0 heterocycles. The van der Waals surface area contributed by atoms with E-state index in [1.807, 2.05) is 13.8 Å². The van der Waals surface area contributed by atoms with Crippen molar-refractivity contribution in [2.75, 3.05) is 6.54 Å². The van der Waals surface area contributed by atoms with Crippen LogP contribution in [0.25, 0.3) is 0 Å². The molecule has 1 heteroatoms. The molecular weight excluding hydrogens is 170 g/mol. The van der Waals surface area contributed by atoms with Crippen molar-refractivity contribution in [2.45, 2.75) is 46.0 Å². The zero-order valence-electron chi connectivity index (χ0n) is 9.55. The highest BCUT2D eigenvalue weighted by atomic mass is 14.5. The van der Waals surface area contributed by atoms with E-state index in [-0.39, 0.29) is 0 Å². The van der Waals surface area contributed by atoms with E-state index in [9.17, 15) is 0 Å². The third-order valence-corrected chi connectivity index (χ3v) is 3.06. The normalized spacial score (nSPS) is 21.4. The van der Waals surface area contributed by atoms with E-state index in [0.717, 1.165) is 18.9 Å². The van der Waals surface area contributed by atoms with Crippen molar-refractivity contribution >= 4 is 0 Å². The van der Waals surface area contributed by atoms with E-state index >= 15 is 0 Å². The van der Waals surface area contributed by atoms with Gasteiger partial charge in [-0.05, 0) is 30.8 Å². The SMILES string of the molecule is CC.NCC1=CC(C2CCCC2)=CC1. The lowest BCUT2D eigenvalue weighted by molar-refractivity contribution is 0.658. The fourth-order valence-corrected chi connectivity index (χ4v) is 2.29. The van der Waals surface area contributed by atoms with Crippen LogP contribution in [0.3, 0.4) is 0 Å². The predicted molar refractivity (Wildman–Crippen MR) is 63.1 cm³/mol. The lowest BCUT2D eigenvalue weighted by Crippen LogP contribution is -2.00. The maximum atomic E-state index is 5.59. The van der Waals surface area contributed by atoms with Gasteiger partial charge in [0, 0.05) is 6.54 Å². The molecule has 2 aliphatic rings. The van der Waals surface area contributed by atoms with Crippen LogP contribution in [0.1, 0.15) is 46.0 Å². The van der Waals surface area contributed by atoms with Gasteiger partial charge in [0.05, 0.1) is 0 Å². The van der Waals surface area contributed by atoms with Gasteiger partial charge in [-0.15, -0.1) is 0 Å². The van der Waals surface area contributed by atoms with Gasteiger partial charge in [0.25, 0.3) is 0 Å². The second kappa shape index (κ2) is 6.02. The number of rotatable bonds is 2. The van der Waals surface area contributed by atoms with Crippen molar-refractivity contribution in [1.82, 2.24) is 0 Å². The Labute approximate surface area is 88.1 Å². The molecule has 2 aliphatic carbocycles. The van der Waals surface area contributed by atoms with Crippen molar-refractivity contribution in [1.29, 1.82) is 0 Å². The Morgan fingerprint density at radius 3 is 2.43 bits per heavy atom. The molecule has 1 nitrogen and oxygen atoms in total. The van der Waals surface area contributed by atoms with Gasteiger partial charge < -0.3 is 5.73 Å². The van der Waals surface area contributed by atoms with E-state index in [0.29, 0.717) is 0 Å². The molecule has 0 aromatic carbocycles. The first kappa shape index (κ1) is 11.5. The van der Waals surface area contributed by atoms with Gasteiger partial charge in [-0.3, -0.25) is 0 Å². The highest BCUT2D eigenvalue weighted by Crippen LogP contribution is 2.35. The fraction of sp³-hybridized carbons (Fsp3) is 0.692. The highest BCUT2D eigenvalue weighted by molar-refractivity contribution is 5.35. The summed E-state index contributed by atoms with van der Waals surface area (Å²) in [4.78, 5) is 0. The fourth-order valence-electron chi connectivity index (χ4n) is 2.29. The molecule has 80 valence electrons. The molecule has 14 heavy (non-hydrogen) atoms. The molecular formula is C13H23N. The summed E-state index contributed by atoms with van der Waals surface area (Å²) >= 11 is 0. The van der Waals surface area contributed by atoms with Crippen molar-refractivity contribution < 1.29 is 0 Å². The zero-order valence-corrected chi connectivity index (χ0v) is 9.55. The predicted octanol–water partition coefficient (Wildman–Crippen LogP) is 3.42. The maximum Gasteiger partial charge on any atom is 0.0143 e. The molecule has 2 N–H and O–H groups in total. The molecule has 0 unspecified atom stereocenters. The Kier molecular flexibility index (Phi) is 4.95. The van der Waals surface area contributed by atoms with Gasteiger partial charge in [-0.2, -0.15) is 0 Å². The van der Waals surface area contributed by atoms with E-state index in [4.69, 9.17) is 5.73 Å². The van der Waals surface area contributed by atoms with Crippen LogP contribution in [0.2, 0.25) is 0 Å². The zero-order chi connectivity index (χ0) is 10.4. The third kappa shape index (κ3) is 2.71. The van der Waals surface area contributed by atoms with Gasteiger partial charge in [-0.25, -0.2) is 0 Å². The summed E-state index contributed by atoms with van der Waals surface area (Å²) in [6, 6.07) is 0. The number of allylic oxidation sites excluding steroid dienone is 3. The van der Waals surface area contributed by atoms with Crippen molar-refractivity contribution in [3.8, 4) is 0 Å². The van der Waals surface area contributed by atoms with Crippen LogP contribution in [-0.4, -0.2) is 6.54 Å². The van der Waals surface area contributed by atoms with Crippen LogP contribution in [0.5, 0.6) is 0 Å². The third-order valence-electron chi connectivity index (χ3n) is 3.06. The van der Waals surface area contributed by atoms with Crippen molar-refractivity contribution in [3.63, 3.8) is 0 Å². The van der Waals surface area contributed by atoms with Crippen LogP contribution in [-0.2, 0) is 0 Å². The topological polar surface area (TPSA) is 26.0 Å². The first-order valence-electron chi connectivity index (χ1n) is 5.99. The maximum absolute atomic E-state index is 5.59. The quantitative estimate of drug-likeness (QED) is 0.714. The van der Waals surface area contributed by atoms with E-state index < -0.39 is 0 Å². The summed E-state index contributed by atoms with van der Waals surface area (Å²) in [5.74, 6) is 0.869.